The maximum Gasteiger partial charge on any atom is 0.190 e. The molecule has 114 valence electrons. The first-order valence-corrected chi connectivity index (χ1v) is 8.35. The fourth-order valence-electron chi connectivity index (χ4n) is 2.39. The number of furan rings is 1. The van der Waals surface area contributed by atoms with Crippen LogP contribution in [-0.4, -0.2) is 4.57 Å². The highest BCUT2D eigenvalue weighted by atomic mass is 32.1. The summed E-state index contributed by atoms with van der Waals surface area (Å²) in [4.78, 5) is 5.83. The molecular formula is C18H20N2OS. The van der Waals surface area contributed by atoms with E-state index >= 15 is 0 Å². The van der Waals surface area contributed by atoms with Gasteiger partial charge in [0.2, 0.25) is 0 Å². The summed E-state index contributed by atoms with van der Waals surface area (Å²) in [5.74, 6) is 1.43. The lowest BCUT2D eigenvalue weighted by molar-refractivity contribution is 0.507. The largest absolute Gasteiger partial charge is 0.463 e. The minimum atomic E-state index is 0.541. The molecule has 0 saturated heterocycles. The van der Waals surface area contributed by atoms with E-state index < -0.39 is 0 Å². The fraction of sp³-hybridized carbons (Fsp3) is 0.278. The Bertz CT molecular complexity index is 810. The van der Waals surface area contributed by atoms with Crippen LogP contribution in [0.2, 0.25) is 0 Å². The lowest BCUT2D eigenvalue weighted by Crippen LogP contribution is -2.18. The van der Waals surface area contributed by atoms with Crippen LogP contribution in [0.15, 0.2) is 57.5 Å². The minimum absolute atomic E-state index is 0.541. The molecule has 0 atom stereocenters. The highest BCUT2D eigenvalue weighted by Crippen LogP contribution is 2.22. The molecule has 0 aliphatic carbocycles. The Morgan fingerprint density at radius 3 is 2.77 bits per heavy atom. The summed E-state index contributed by atoms with van der Waals surface area (Å²) < 4.78 is 7.82. The van der Waals surface area contributed by atoms with Gasteiger partial charge in [-0.2, -0.15) is 0 Å². The van der Waals surface area contributed by atoms with E-state index in [4.69, 9.17) is 9.41 Å². The van der Waals surface area contributed by atoms with Crippen molar-refractivity contribution >= 4 is 17.0 Å². The topological polar surface area (TPSA) is 30.4 Å². The van der Waals surface area contributed by atoms with E-state index in [0.717, 1.165) is 28.5 Å². The summed E-state index contributed by atoms with van der Waals surface area (Å²) >= 11 is 1.65. The Balaban J connectivity index is 2.11. The Morgan fingerprint density at radius 1 is 1.23 bits per heavy atom. The molecule has 0 N–H and O–H groups in total. The second-order valence-electron chi connectivity index (χ2n) is 5.84. The molecule has 2 aromatic heterocycles. The van der Waals surface area contributed by atoms with Crippen molar-refractivity contribution in [1.29, 1.82) is 0 Å². The average molecular weight is 312 g/mol. The zero-order valence-corrected chi connectivity index (χ0v) is 13.9. The second-order valence-corrected chi connectivity index (χ2v) is 6.67. The molecule has 0 fully saturated rings. The number of hydrogen-bond donors (Lipinski definition) is 0. The summed E-state index contributed by atoms with van der Waals surface area (Å²) in [6.45, 7) is 7.44. The number of rotatable bonds is 4. The van der Waals surface area contributed by atoms with Gasteiger partial charge in [-0.05, 0) is 42.7 Å². The van der Waals surface area contributed by atoms with Crippen molar-refractivity contribution in [2.45, 2.75) is 27.3 Å². The van der Waals surface area contributed by atoms with E-state index in [-0.39, 0.29) is 0 Å². The van der Waals surface area contributed by atoms with Crippen LogP contribution < -0.4 is 4.80 Å². The predicted molar refractivity (Wildman–Crippen MR) is 91.3 cm³/mol. The van der Waals surface area contributed by atoms with Crippen LogP contribution in [0.25, 0.3) is 11.5 Å². The highest BCUT2D eigenvalue weighted by molar-refractivity contribution is 7.07. The van der Waals surface area contributed by atoms with Gasteiger partial charge in [0, 0.05) is 11.9 Å². The van der Waals surface area contributed by atoms with Gasteiger partial charge in [0.1, 0.15) is 0 Å². The molecule has 0 bridgehead atoms. The van der Waals surface area contributed by atoms with E-state index in [9.17, 15) is 0 Å². The van der Waals surface area contributed by atoms with Crippen LogP contribution in [-0.2, 0) is 6.54 Å². The van der Waals surface area contributed by atoms with E-state index in [1.807, 2.05) is 24.3 Å². The molecule has 2 heterocycles. The maximum absolute atomic E-state index is 5.57. The second kappa shape index (κ2) is 6.36. The standard InChI is InChI=1S/C18H20N2OS/c1-13(2)11-20-16(17-8-5-9-21-17)12-22-18(20)19-15-7-4-6-14(3)10-15/h4-10,12-13H,11H2,1-3H3. The number of benzene rings is 1. The van der Waals surface area contributed by atoms with E-state index in [2.05, 4.69) is 42.9 Å². The molecule has 0 unspecified atom stereocenters. The smallest absolute Gasteiger partial charge is 0.190 e. The maximum atomic E-state index is 5.57. The van der Waals surface area contributed by atoms with Crippen molar-refractivity contribution in [1.82, 2.24) is 4.57 Å². The third kappa shape index (κ3) is 3.22. The fourth-order valence-corrected chi connectivity index (χ4v) is 3.31. The van der Waals surface area contributed by atoms with Gasteiger partial charge in [0.15, 0.2) is 10.6 Å². The lowest BCUT2D eigenvalue weighted by atomic mass is 10.2. The van der Waals surface area contributed by atoms with Crippen LogP contribution in [0.5, 0.6) is 0 Å². The molecule has 0 saturated carbocycles. The van der Waals surface area contributed by atoms with Gasteiger partial charge in [-0.25, -0.2) is 4.99 Å². The molecule has 22 heavy (non-hydrogen) atoms. The van der Waals surface area contributed by atoms with E-state index in [1.165, 1.54) is 5.56 Å². The van der Waals surface area contributed by atoms with Crippen molar-refractivity contribution < 1.29 is 4.42 Å². The van der Waals surface area contributed by atoms with Gasteiger partial charge < -0.3 is 8.98 Å². The Hall–Kier alpha value is -2.07. The third-order valence-corrected chi connectivity index (χ3v) is 4.21. The zero-order chi connectivity index (χ0) is 15.5. The normalized spacial score (nSPS) is 12.3. The molecule has 3 aromatic rings. The molecule has 3 nitrogen and oxygen atoms in total. The van der Waals surface area contributed by atoms with Crippen LogP contribution in [0, 0.1) is 12.8 Å². The van der Waals surface area contributed by atoms with Crippen molar-refractivity contribution in [3.8, 4) is 11.5 Å². The number of aryl methyl sites for hydroxylation is 1. The van der Waals surface area contributed by atoms with Gasteiger partial charge in [0.25, 0.3) is 0 Å². The number of aromatic nitrogens is 1. The van der Waals surface area contributed by atoms with Gasteiger partial charge in [-0.1, -0.05) is 26.0 Å². The van der Waals surface area contributed by atoms with Crippen molar-refractivity contribution in [3.05, 3.63) is 58.4 Å². The average Bonchev–Trinajstić information content (AvgIpc) is 3.09. The number of hydrogen-bond acceptors (Lipinski definition) is 3. The Kier molecular flexibility index (Phi) is 4.29. The van der Waals surface area contributed by atoms with Crippen LogP contribution in [0.1, 0.15) is 19.4 Å². The van der Waals surface area contributed by atoms with E-state index in [1.54, 1.807) is 17.6 Å². The van der Waals surface area contributed by atoms with Gasteiger partial charge in [-0.3, -0.25) is 0 Å². The summed E-state index contributed by atoms with van der Waals surface area (Å²) in [6, 6.07) is 12.2. The predicted octanol–water partition coefficient (Wildman–Crippen LogP) is 5.01. The van der Waals surface area contributed by atoms with Crippen molar-refractivity contribution in [2.75, 3.05) is 0 Å². The number of thiazole rings is 1. The van der Waals surface area contributed by atoms with Gasteiger partial charge in [0.05, 0.1) is 17.6 Å². The Morgan fingerprint density at radius 2 is 2.09 bits per heavy atom. The third-order valence-electron chi connectivity index (χ3n) is 3.35. The minimum Gasteiger partial charge on any atom is -0.463 e. The first-order chi connectivity index (χ1) is 10.6. The molecule has 0 aliphatic heterocycles. The molecule has 0 amide bonds. The molecule has 4 heteroatoms. The van der Waals surface area contributed by atoms with Crippen LogP contribution in [0.3, 0.4) is 0 Å². The highest BCUT2D eigenvalue weighted by Gasteiger charge is 2.11. The van der Waals surface area contributed by atoms with E-state index in [0.29, 0.717) is 5.92 Å². The monoisotopic (exact) mass is 312 g/mol. The number of nitrogens with zero attached hydrogens (tertiary/aromatic N) is 2. The SMILES string of the molecule is Cc1cccc(N=c2scc(-c3ccco3)n2CC(C)C)c1. The molecule has 3 rings (SSSR count). The molecule has 0 aliphatic rings. The zero-order valence-electron chi connectivity index (χ0n) is 13.1. The lowest BCUT2D eigenvalue weighted by Gasteiger charge is -2.10. The summed E-state index contributed by atoms with van der Waals surface area (Å²) in [5.41, 5.74) is 3.31. The molecule has 0 spiro atoms. The van der Waals surface area contributed by atoms with Crippen molar-refractivity contribution in [2.24, 2.45) is 10.9 Å². The quantitative estimate of drug-likeness (QED) is 0.666. The molecular weight excluding hydrogens is 292 g/mol. The van der Waals surface area contributed by atoms with Crippen LogP contribution >= 0.6 is 11.3 Å². The first kappa shape index (κ1) is 14.9. The first-order valence-electron chi connectivity index (χ1n) is 7.47. The summed E-state index contributed by atoms with van der Waals surface area (Å²) in [7, 11) is 0. The summed E-state index contributed by atoms with van der Waals surface area (Å²) in [5, 5.41) is 2.12. The van der Waals surface area contributed by atoms with Gasteiger partial charge in [-0.15, -0.1) is 11.3 Å². The van der Waals surface area contributed by atoms with Crippen LogP contribution in [0.4, 0.5) is 5.69 Å². The van der Waals surface area contributed by atoms with Gasteiger partial charge >= 0.3 is 0 Å². The Labute approximate surface area is 134 Å². The molecule has 1 aromatic carbocycles. The summed E-state index contributed by atoms with van der Waals surface area (Å²) in [6.07, 6.45) is 1.71. The molecule has 0 radical (unpaired) electrons. The van der Waals surface area contributed by atoms with Crippen molar-refractivity contribution in [3.63, 3.8) is 0 Å².